The quantitative estimate of drug-likeness (QED) is 0.205. The molecule has 0 bridgehead atoms. The molecule has 0 radical (unpaired) electrons. The van der Waals surface area contributed by atoms with Gasteiger partial charge in [-0.15, -0.1) is 0 Å². The first kappa shape index (κ1) is 18.2. The highest BCUT2D eigenvalue weighted by Crippen LogP contribution is 2.28. The number of hydrogen-bond acceptors (Lipinski definition) is 5. The van der Waals surface area contributed by atoms with E-state index in [1.54, 1.807) is 12.1 Å². The Labute approximate surface area is 156 Å². The van der Waals surface area contributed by atoms with Gasteiger partial charge in [-0.3, -0.25) is 26.4 Å². The Morgan fingerprint density at radius 2 is 1.63 bits per heavy atom. The van der Waals surface area contributed by atoms with Crippen LogP contribution in [0.15, 0.2) is 78.9 Å². The summed E-state index contributed by atoms with van der Waals surface area (Å²) < 4.78 is 0. The second-order valence-electron chi connectivity index (χ2n) is 5.90. The fourth-order valence-electron chi connectivity index (χ4n) is 2.79. The third-order valence-electron chi connectivity index (χ3n) is 4.17. The van der Waals surface area contributed by atoms with E-state index in [-0.39, 0.29) is 17.1 Å². The largest absolute Gasteiger partial charge is 0.283 e. The molecule has 0 spiro atoms. The van der Waals surface area contributed by atoms with Gasteiger partial charge in [0.05, 0.1) is 17.0 Å². The molecule has 136 valence electrons. The van der Waals surface area contributed by atoms with E-state index in [0.29, 0.717) is 12.1 Å². The zero-order chi connectivity index (χ0) is 19.2. The van der Waals surface area contributed by atoms with Crippen molar-refractivity contribution in [2.24, 2.45) is 5.84 Å². The Bertz CT molecular complexity index is 945. The highest BCUT2D eigenvalue weighted by atomic mass is 16.6. The number of nitrogens with zero attached hydrogens (tertiary/aromatic N) is 2. The molecule has 4 N–H and O–H groups in total. The number of rotatable bonds is 6. The molecule has 3 rings (SSSR count). The maximum atomic E-state index is 11.6. The van der Waals surface area contributed by atoms with Crippen LogP contribution in [0.3, 0.4) is 0 Å². The van der Waals surface area contributed by atoms with Crippen molar-refractivity contribution in [2.75, 3.05) is 0 Å². The molecule has 0 aromatic heterocycles. The van der Waals surface area contributed by atoms with E-state index in [1.165, 1.54) is 11.1 Å². The van der Waals surface area contributed by atoms with E-state index in [4.69, 9.17) is 11.3 Å². The topological polar surface area (TPSA) is 108 Å². The van der Waals surface area contributed by atoms with Gasteiger partial charge in [-0.2, -0.15) is 5.53 Å². The minimum Gasteiger partial charge on any atom is -0.283 e. The molecule has 0 unspecified atom stereocenters. The Morgan fingerprint density at radius 3 is 2.22 bits per heavy atom. The molecular weight excluding hydrogens is 342 g/mol. The first-order chi connectivity index (χ1) is 13.1. The van der Waals surface area contributed by atoms with Gasteiger partial charge in [0.1, 0.15) is 0 Å². The fraction of sp³-hybridized carbons (Fsp3) is 0.0500. The molecular formula is C20H19N5O2. The van der Waals surface area contributed by atoms with E-state index in [2.05, 4.69) is 5.53 Å². The SMILES string of the molecule is N=C(c1ccc(-c2ccccc2)cc1[N+](=O)[O-])N(Cc1ccccc1)NN. The summed E-state index contributed by atoms with van der Waals surface area (Å²) in [5.41, 5.74) is 5.00. The van der Waals surface area contributed by atoms with Gasteiger partial charge in [0.15, 0.2) is 5.84 Å². The number of nitrogens with two attached hydrogens (primary N) is 1. The third-order valence-corrected chi connectivity index (χ3v) is 4.17. The van der Waals surface area contributed by atoms with Crippen LogP contribution in [-0.2, 0) is 6.54 Å². The molecule has 0 amide bonds. The molecule has 3 aromatic rings. The van der Waals surface area contributed by atoms with Crippen molar-refractivity contribution >= 4 is 11.5 Å². The second-order valence-corrected chi connectivity index (χ2v) is 5.90. The summed E-state index contributed by atoms with van der Waals surface area (Å²) in [5, 5.41) is 21.4. The molecule has 0 saturated heterocycles. The number of nitro groups is 1. The standard InChI is InChI=1S/C20H19N5O2/c21-20(24(23-22)14-15-7-3-1-4-8-15)18-12-11-17(13-19(18)25(26)27)16-9-5-2-6-10-16/h1-13,21,23H,14,22H2. The summed E-state index contributed by atoms with van der Waals surface area (Å²) in [4.78, 5) is 11.1. The summed E-state index contributed by atoms with van der Waals surface area (Å²) >= 11 is 0. The van der Waals surface area contributed by atoms with E-state index in [0.717, 1.165) is 11.1 Å². The predicted molar refractivity (Wildman–Crippen MR) is 105 cm³/mol. The highest BCUT2D eigenvalue weighted by Gasteiger charge is 2.22. The van der Waals surface area contributed by atoms with Crippen LogP contribution in [0.2, 0.25) is 0 Å². The van der Waals surface area contributed by atoms with E-state index in [1.807, 2.05) is 60.7 Å². The Balaban J connectivity index is 1.94. The lowest BCUT2D eigenvalue weighted by Gasteiger charge is -2.23. The minimum atomic E-state index is -0.479. The lowest BCUT2D eigenvalue weighted by molar-refractivity contribution is -0.385. The van der Waals surface area contributed by atoms with Crippen molar-refractivity contribution in [3.63, 3.8) is 0 Å². The van der Waals surface area contributed by atoms with Gasteiger partial charge in [-0.1, -0.05) is 66.7 Å². The van der Waals surface area contributed by atoms with Crippen LogP contribution in [0, 0.1) is 15.5 Å². The van der Waals surface area contributed by atoms with E-state index in [9.17, 15) is 10.1 Å². The molecule has 3 aromatic carbocycles. The number of nitrogens with one attached hydrogen (secondary N) is 2. The van der Waals surface area contributed by atoms with Gasteiger partial charge in [-0.05, 0) is 22.8 Å². The zero-order valence-corrected chi connectivity index (χ0v) is 14.5. The maximum Gasteiger partial charge on any atom is 0.280 e. The van der Waals surface area contributed by atoms with Crippen LogP contribution in [0.4, 0.5) is 5.69 Å². The van der Waals surface area contributed by atoms with Crippen LogP contribution in [0.1, 0.15) is 11.1 Å². The summed E-state index contributed by atoms with van der Waals surface area (Å²) in [7, 11) is 0. The molecule has 0 aliphatic carbocycles. The Hall–Kier alpha value is -3.55. The van der Waals surface area contributed by atoms with Crippen molar-refractivity contribution in [3.05, 3.63) is 100 Å². The molecule has 0 aliphatic rings. The molecule has 0 atom stereocenters. The van der Waals surface area contributed by atoms with E-state index < -0.39 is 4.92 Å². The molecule has 7 heteroatoms. The Kier molecular flexibility index (Phi) is 5.55. The first-order valence-electron chi connectivity index (χ1n) is 8.30. The summed E-state index contributed by atoms with van der Waals surface area (Å²) in [6.07, 6.45) is 0. The van der Waals surface area contributed by atoms with Gasteiger partial charge in [0, 0.05) is 6.07 Å². The Morgan fingerprint density at radius 1 is 1.00 bits per heavy atom. The van der Waals surface area contributed by atoms with Crippen molar-refractivity contribution < 1.29 is 4.92 Å². The predicted octanol–water partition coefficient (Wildman–Crippen LogP) is 3.47. The van der Waals surface area contributed by atoms with Gasteiger partial charge in [-0.25, -0.2) is 0 Å². The number of benzene rings is 3. The number of nitro benzene ring substituents is 1. The lowest BCUT2D eigenvalue weighted by atomic mass is 10.0. The second kappa shape index (κ2) is 8.22. The van der Waals surface area contributed by atoms with Crippen LogP contribution in [0.5, 0.6) is 0 Å². The third kappa shape index (κ3) is 4.17. The average Bonchev–Trinajstić information content (AvgIpc) is 2.72. The minimum absolute atomic E-state index is 0.0762. The lowest BCUT2D eigenvalue weighted by Crippen LogP contribution is -2.46. The van der Waals surface area contributed by atoms with Crippen LogP contribution >= 0.6 is 0 Å². The summed E-state index contributed by atoms with van der Waals surface area (Å²) in [5.74, 6) is 5.50. The first-order valence-corrected chi connectivity index (χ1v) is 8.30. The monoisotopic (exact) mass is 361 g/mol. The van der Waals surface area contributed by atoms with Crippen LogP contribution in [0.25, 0.3) is 11.1 Å². The number of hydrazine groups is 2. The van der Waals surface area contributed by atoms with Gasteiger partial charge in [0.25, 0.3) is 5.69 Å². The van der Waals surface area contributed by atoms with Crippen molar-refractivity contribution in [2.45, 2.75) is 6.54 Å². The van der Waals surface area contributed by atoms with Crippen LogP contribution in [-0.4, -0.2) is 15.8 Å². The number of amidine groups is 1. The molecule has 0 aliphatic heterocycles. The maximum absolute atomic E-state index is 11.6. The van der Waals surface area contributed by atoms with Crippen molar-refractivity contribution in [1.29, 1.82) is 5.41 Å². The highest BCUT2D eigenvalue weighted by molar-refractivity contribution is 6.00. The fourth-order valence-corrected chi connectivity index (χ4v) is 2.79. The molecule has 27 heavy (non-hydrogen) atoms. The molecule has 7 nitrogen and oxygen atoms in total. The summed E-state index contributed by atoms with van der Waals surface area (Å²) in [6.45, 7) is 0.299. The molecule has 0 heterocycles. The van der Waals surface area contributed by atoms with Gasteiger partial charge >= 0.3 is 0 Å². The zero-order valence-electron chi connectivity index (χ0n) is 14.5. The normalized spacial score (nSPS) is 10.4. The van der Waals surface area contributed by atoms with Gasteiger partial charge < -0.3 is 0 Å². The molecule has 0 saturated carbocycles. The molecule has 0 fully saturated rings. The van der Waals surface area contributed by atoms with Crippen molar-refractivity contribution in [1.82, 2.24) is 10.5 Å². The van der Waals surface area contributed by atoms with Gasteiger partial charge in [0.2, 0.25) is 0 Å². The number of hydrogen-bond donors (Lipinski definition) is 3. The van der Waals surface area contributed by atoms with Crippen LogP contribution < -0.4 is 11.4 Å². The smallest absolute Gasteiger partial charge is 0.280 e. The van der Waals surface area contributed by atoms with E-state index >= 15 is 0 Å². The average molecular weight is 361 g/mol. The summed E-state index contributed by atoms with van der Waals surface area (Å²) in [6, 6.07) is 23.7. The van der Waals surface area contributed by atoms with Crippen molar-refractivity contribution in [3.8, 4) is 11.1 Å².